The fraction of sp³-hybridized carbons (Fsp3) is 0.381. The quantitative estimate of drug-likeness (QED) is 0.678. The Morgan fingerprint density at radius 1 is 1.10 bits per heavy atom. The van der Waals surface area contributed by atoms with E-state index >= 15 is 0 Å². The highest BCUT2D eigenvalue weighted by molar-refractivity contribution is 5.83. The Bertz CT molecular complexity index is 1040. The zero-order valence-corrected chi connectivity index (χ0v) is 16.4. The van der Waals surface area contributed by atoms with E-state index in [1.54, 1.807) is 9.58 Å². The molecule has 0 spiro atoms. The molecule has 5 rings (SSSR count). The molecule has 0 radical (unpaired) electrons. The Kier molecular flexibility index (Phi) is 4.65. The highest BCUT2D eigenvalue weighted by Gasteiger charge is 2.28. The predicted molar refractivity (Wildman–Crippen MR) is 107 cm³/mol. The van der Waals surface area contributed by atoms with E-state index in [0.29, 0.717) is 24.6 Å². The highest BCUT2D eigenvalue weighted by atomic mass is 16.6. The first-order chi connectivity index (χ1) is 14.2. The van der Waals surface area contributed by atoms with Crippen LogP contribution in [-0.4, -0.2) is 70.1 Å². The number of pyridine rings is 1. The summed E-state index contributed by atoms with van der Waals surface area (Å²) in [6.45, 7) is 7.21. The van der Waals surface area contributed by atoms with Crippen molar-refractivity contribution in [1.29, 1.82) is 0 Å². The number of benzene rings is 1. The van der Waals surface area contributed by atoms with E-state index in [1.807, 2.05) is 43.3 Å². The zero-order valence-electron chi connectivity index (χ0n) is 16.4. The Balaban J connectivity index is 1.41. The van der Waals surface area contributed by atoms with Gasteiger partial charge in [-0.15, -0.1) is 0 Å². The summed E-state index contributed by atoms with van der Waals surface area (Å²) in [4.78, 5) is 21.2. The number of carbonyl (C=O) groups is 1. The van der Waals surface area contributed by atoms with E-state index in [-0.39, 0.29) is 6.09 Å². The van der Waals surface area contributed by atoms with Gasteiger partial charge in [-0.1, -0.05) is 18.2 Å². The van der Waals surface area contributed by atoms with Gasteiger partial charge in [0.05, 0.1) is 31.1 Å². The van der Waals surface area contributed by atoms with Crippen LogP contribution >= 0.6 is 0 Å². The number of aromatic nitrogens is 3. The average Bonchev–Trinajstić information content (AvgIpc) is 3.08. The maximum atomic E-state index is 12.5. The summed E-state index contributed by atoms with van der Waals surface area (Å²) in [5.74, 6) is 0.377. The number of aryl methyl sites for hydroxylation is 1. The molecular formula is C21H23N5O3. The number of hydrogen-bond donors (Lipinski definition) is 0. The topological polar surface area (TPSA) is 72.7 Å². The third-order valence-corrected chi connectivity index (χ3v) is 5.48. The normalized spacial score (nSPS) is 17.4. The zero-order chi connectivity index (χ0) is 19.8. The number of morpholine rings is 1. The molecule has 4 heterocycles. The second kappa shape index (κ2) is 7.46. The smallest absolute Gasteiger partial charge is 0.391 e. The maximum Gasteiger partial charge on any atom is 0.416 e. The summed E-state index contributed by atoms with van der Waals surface area (Å²) in [7, 11) is 0. The van der Waals surface area contributed by atoms with Crippen molar-refractivity contribution >= 4 is 17.1 Å². The van der Waals surface area contributed by atoms with E-state index < -0.39 is 0 Å². The molecule has 3 aromatic rings. The minimum atomic E-state index is -0.347. The molecular weight excluding hydrogens is 370 g/mol. The number of ether oxygens (including phenoxy) is 2. The molecule has 2 aliphatic rings. The van der Waals surface area contributed by atoms with Crippen LogP contribution in [0.3, 0.4) is 0 Å². The largest absolute Gasteiger partial charge is 0.416 e. The minimum absolute atomic E-state index is 0.347. The van der Waals surface area contributed by atoms with Crippen molar-refractivity contribution in [3.05, 3.63) is 47.7 Å². The summed E-state index contributed by atoms with van der Waals surface area (Å²) in [5, 5.41) is 5.62. The molecule has 8 nitrogen and oxygen atoms in total. The number of rotatable bonds is 4. The fourth-order valence-electron chi connectivity index (χ4n) is 3.83. The van der Waals surface area contributed by atoms with E-state index in [1.165, 1.54) is 0 Å². The van der Waals surface area contributed by atoms with Crippen molar-refractivity contribution in [3.63, 3.8) is 0 Å². The van der Waals surface area contributed by atoms with Gasteiger partial charge >= 0.3 is 6.09 Å². The number of nitrogens with zero attached hydrogens (tertiary/aromatic N) is 5. The second-order valence-corrected chi connectivity index (χ2v) is 7.40. The van der Waals surface area contributed by atoms with Crippen molar-refractivity contribution in [1.82, 2.24) is 24.6 Å². The second-order valence-electron chi connectivity index (χ2n) is 7.40. The number of fused-ring (bicyclic) bond motifs is 2. The molecule has 0 N–H and O–H groups in total. The fourth-order valence-corrected chi connectivity index (χ4v) is 3.83. The van der Waals surface area contributed by atoms with Crippen LogP contribution in [0.15, 0.2) is 36.4 Å². The predicted octanol–water partition coefficient (Wildman–Crippen LogP) is 2.38. The third kappa shape index (κ3) is 3.45. The molecule has 1 saturated heterocycles. The van der Waals surface area contributed by atoms with Crippen molar-refractivity contribution in [3.8, 4) is 11.6 Å². The van der Waals surface area contributed by atoms with Crippen molar-refractivity contribution in [2.45, 2.75) is 13.5 Å². The Labute approximate surface area is 168 Å². The third-order valence-electron chi connectivity index (χ3n) is 5.48. The maximum absolute atomic E-state index is 12.5. The van der Waals surface area contributed by atoms with Crippen molar-refractivity contribution in [2.24, 2.45) is 0 Å². The van der Waals surface area contributed by atoms with Gasteiger partial charge in [0.25, 0.3) is 0 Å². The number of carbonyl (C=O) groups excluding carboxylic acids is 1. The van der Waals surface area contributed by atoms with Gasteiger partial charge in [0.15, 0.2) is 5.65 Å². The standard InChI is InChI=1S/C21H23N5O3/c1-15-18-13-16-14-25(8-7-24-9-11-28-12-10-24)21(27)29-20(16)22-19(18)26(23-15)17-5-3-2-4-6-17/h2-6,13H,7-12,14H2,1H3. The van der Waals surface area contributed by atoms with Crippen molar-refractivity contribution < 1.29 is 14.3 Å². The lowest BCUT2D eigenvalue weighted by Gasteiger charge is -2.31. The van der Waals surface area contributed by atoms with Gasteiger partial charge in [-0.2, -0.15) is 10.1 Å². The highest BCUT2D eigenvalue weighted by Crippen LogP contribution is 2.30. The van der Waals surface area contributed by atoms with Gasteiger partial charge in [0.1, 0.15) is 0 Å². The molecule has 2 aliphatic heterocycles. The van der Waals surface area contributed by atoms with Crippen LogP contribution in [-0.2, 0) is 11.3 Å². The van der Waals surface area contributed by atoms with Crippen LogP contribution in [0, 0.1) is 6.92 Å². The molecule has 150 valence electrons. The molecule has 0 unspecified atom stereocenters. The van der Waals surface area contributed by atoms with Gasteiger partial charge in [-0.25, -0.2) is 9.48 Å². The first-order valence-corrected chi connectivity index (χ1v) is 9.90. The van der Waals surface area contributed by atoms with Crippen LogP contribution in [0.25, 0.3) is 16.7 Å². The summed E-state index contributed by atoms with van der Waals surface area (Å²) in [6.07, 6.45) is -0.347. The molecule has 1 aromatic carbocycles. The van der Waals surface area contributed by atoms with E-state index in [4.69, 9.17) is 9.47 Å². The van der Waals surface area contributed by atoms with Crippen LogP contribution in [0.5, 0.6) is 5.88 Å². The SMILES string of the molecule is Cc1nn(-c2ccccc2)c2nc3c(cc12)CN(CCN1CCOCC1)C(=O)O3. The number of para-hydroxylation sites is 1. The molecule has 2 aromatic heterocycles. The minimum Gasteiger partial charge on any atom is -0.391 e. The lowest BCUT2D eigenvalue weighted by atomic mass is 10.1. The van der Waals surface area contributed by atoms with Crippen LogP contribution < -0.4 is 4.74 Å². The van der Waals surface area contributed by atoms with Gasteiger partial charge in [-0.05, 0) is 25.1 Å². The lowest BCUT2D eigenvalue weighted by molar-refractivity contribution is 0.0328. The summed E-state index contributed by atoms with van der Waals surface area (Å²) in [5.41, 5.74) is 3.43. The number of amides is 1. The molecule has 29 heavy (non-hydrogen) atoms. The summed E-state index contributed by atoms with van der Waals surface area (Å²) < 4.78 is 12.8. The van der Waals surface area contributed by atoms with Crippen LogP contribution in [0.2, 0.25) is 0 Å². The molecule has 1 fully saturated rings. The molecule has 1 amide bonds. The summed E-state index contributed by atoms with van der Waals surface area (Å²) >= 11 is 0. The van der Waals surface area contributed by atoms with E-state index in [9.17, 15) is 4.79 Å². The molecule has 0 aliphatic carbocycles. The molecule has 0 saturated carbocycles. The molecule has 0 atom stereocenters. The summed E-state index contributed by atoms with van der Waals surface area (Å²) in [6, 6.07) is 11.9. The molecule has 8 heteroatoms. The van der Waals surface area contributed by atoms with Gasteiger partial charge < -0.3 is 14.4 Å². The van der Waals surface area contributed by atoms with Crippen LogP contribution in [0.1, 0.15) is 11.3 Å². The molecule has 0 bridgehead atoms. The Morgan fingerprint density at radius 2 is 1.90 bits per heavy atom. The van der Waals surface area contributed by atoms with Gasteiger partial charge in [0.2, 0.25) is 5.88 Å². The van der Waals surface area contributed by atoms with E-state index in [0.717, 1.165) is 55.2 Å². The monoisotopic (exact) mass is 393 g/mol. The van der Waals surface area contributed by atoms with Gasteiger partial charge in [-0.3, -0.25) is 4.90 Å². The van der Waals surface area contributed by atoms with Gasteiger partial charge in [0, 0.05) is 37.1 Å². The first kappa shape index (κ1) is 18.1. The number of hydrogen-bond acceptors (Lipinski definition) is 6. The van der Waals surface area contributed by atoms with Crippen LogP contribution in [0.4, 0.5) is 4.79 Å². The Morgan fingerprint density at radius 3 is 2.69 bits per heavy atom. The van der Waals surface area contributed by atoms with E-state index in [2.05, 4.69) is 15.0 Å². The lowest BCUT2D eigenvalue weighted by Crippen LogP contribution is -2.45. The Hall–Kier alpha value is -2.97. The first-order valence-electron chi connectivity index (χ1n) is 9.90. The van der Waals surface area contributed by atoms with Crippen molar-refractivity contribution in [2.75, 3.05) is 39.4 Å². The average molecular weight is 393 g/mol.